The van der Waals surface area contributed by atoms with Crippen molar-refractivity contribution in [3.8, 4) is 0 Å². The summed E-state index contributed by atoms with van der Waals surface area (Å²) in [7, 11) is -2.38. The van der Waals surface area contributed by atoms with Gasteiger partial charge in [-0.3, -0.25) is 9.10 Å². The summed E-state index contributed by atoms with van der Waals surface area (Å²) in [5.41, 5.74) is 3.54. The molecule has 1 heterocycles. The second-order valence-corrected chi connectivity index (χ2v) is 10.2. The molecule has 0 bridgehead atoms. The molecule has 7 nitrogen and oxygen atoms in total. The highest BCUT2D eigenvalue weighted by molar-refractivity contribution is 7.92. The first-order chi connectivity index (χ1) is 13.6. The molecular formula is C20H24N2O5S2. The van der Waals surface area contributed by atoms with Gasteiger partial charge in [0.25, 0.3) is 0 Å². The van der Waals surface area contributed by atoms with E-state index < -0.39 is 21.9 Å². The number of sulfonamides is 1. The number of amides is 1. The van der Waals surface area contributed by atoms with Gasteiger partial charge in [-0.1, -0.05) is 6.07 Å². The van der Waals surface area contributed by atoms with Crippen LogP contribution in [-0.2, 0) is 32.4 Å². The van der Waals surface area contributed by atoms with Crippen molar-refractivity contribution in [2.75, 3.05) is 29.5 Å². The monoisotopic (exact) mass is 436 g/mol. The number of nitrogens with one attached hydrogen (secondary N) is 1. The Morgan fingerprint density at radius 3 is 2.41 bits per heavy atom. The number of carbonyl (C=O) groups excluding carboxylic acids is 2. The molecule has 1 aromatic carbocycles. The molecule has 1 aliphatic carbocycles. The van der Waals surface area contributed by atoms with Crippen LogP contribution in [-0.4, -0.2) is 40.2 Å². The van der Waals surface area contributed by atoms with Gasteiger partial charge in [-0.25, -0.2) is 13.2 Å². The summed E-state index contributed by atoms with van der Waals surface area (Å²) in [5.74, 6) is -1.01. The lowest BCUT2D eigenvalue weighted by Crippen LogP contribution is -2.37. The Morgan fingerprint density at radius 1 is 1.17 bits per heavy atom. The Bertz CT molecular complexity index is 1050. The van der Waals surface area contributed by atoms with Gasteiger partial charge in [0.05, 0.1) is 24.6 Å². The lowest BCUT2D eigenvalue weighted by atomic mass is 10.1. The molecule has 0 spiro atoms. The van der Waals surface area contributed by atoms with E-state index in [-0.39, 0.29) is 6.54 Å². The molecule has 29 heavy (non-hydrogen) atoms. The Hall–Kier alpha value is -2.39. The van der Waals surface area contributed by atoms with E-state index in [4.69, 9.17) is 4.74 Å². The van der Waals surface area contributed by atoms with Gasteiger partial charge in [0.2, 0.25) is 15.9 Å². The number of anilines is 2. The standard InChI is InChI=1S/C20H24N2O5S2/c1-12-8-13(2)10-14(9-12)22(29(4,25)26)11-17(23)21-19-18(20(24)27-3)15-6-5-7-16(15)28-19/h8-10H,5-7,11H2,1-4H3,(H,21,23). The predicted molar refractivity (Wildman–Crippen MR) is 114 cm³/mol. The zero-order valence-electron chi connectivity index (χ0n) is 16.9. The van der Waals surface area contributed by atoms with Crippen molar-refractivity contribution in [3.05, 3.63) is 45.3 Å². The summed E-state index contributed by atoms with van der Waals surface area (Å²) in [5, 5.41) is 3.15. The third-order valence-electron chi connectivity index (χ3n) is 4.75. The molecule has 0 radical (unpaired) electrons. The third-order valence-corrected chi connectivity index (χ3v) is 7.09. The van der Waals surface area contributed by atoms with E-state index in [1.54, 1.807) is 12.1 Å². The molecule has 0 aliphatic heterocycles. The van der Waals surface area contributed by atoms with Crippen LogP contribution in [0.25, 0.3) is 0 Å². The molecule has 0 saturated carbocycles. The number of esters is 1. The van der Waals surface area contributed by atoms with Crippen molar-refractivity contribution in [3.63, 3.8) is 0 Å². The average molecular weight is 437 g/mol. The molecule has 1 amide bonds. The zero-order chi connectivity index (χ0) is 21.3. The summed E-state index contributed by atoms with van der Waals surface area (Å²) in [6.45, 7) is 3.35. The van der Waals surface area contributed by atoms with E-state index in [2.05, 4.69) is 5.32 Å². The minimum absolute atomic E-state index is 0.384. The van der Waals surface area contributed by atoms with Crippen LogP contribution in [0, 0.1) is 13.8 Å². The number of nitrogens with zero attached hydrogens (tertiary/aromatic N) is 1. The fourth-order valence-corrected chi connectivity index (χ4v) is 5.74. The largest absolute Gasteiger partial charge is 0.465 e. The van der Waals surface area contributed by atoms with Gasteiger partial charge in [-0.05, 0) is 61.9 Å². The molecule has 1 N–H and O–H groups in total. The van der Waals surface area contributed by atoms with Gasteiger partial charge in [-0.2, -0.15) is 0 Å². The van der Waals surface area contributed by atoms with Gasteiger partial charge in [0, 0.05) is 4.88 Å². The fourth-order valence-electron chi connectivity index (χ4n) is 3.60. The van der Waals surface area contributed by atoms with E-state index in [0.29, 0.717) is 16.3 Å². The second-order valence-electron chi connectivity index (χ2n) is 7.22. The highest BCUT2D eigenvalue weighted by Gasteiger charge is 2.29. The SMILES string of the molecule is COC(=O)c1c(NC(=O)CN(c2cc(C)cc(C)c2)S(C)(=O)=O)sc2c1CCC2. The molecule has 1 aromatic heterocycles. The highest BCUT2D eigenvalue weighted by Crippen LogP contribution is 2.39. The molecule has 2 aromatic rings. The highest BCUT2D eigenvalue weighted by atomic mass is 32.2. The fraction of sp³-hybridized carbons (Fsp3) is 0.400. The van der Waals surface area contributed by atoms with Gasteiger partial charge < -0.3 is 10.1 Å². The number of hydrogen-bond acceptors (Lipinski definition) is 6. The van der Waals surface area contributed by atoms with Crippen molar-refractivity contribution in [2.24, 2.45) is 0 Å². The minimum atomic E-state index is -3.68. The second kappa shape index (κ2) is 8.16. The van der Waals surface area contributed by atoms with Crippen LogP contribution in [0.4, 0.5) is 10.7 Å². The maximum atomic E-state index is 12.7. The van der Waals surface area contributed by atoms with Gasteiger partial charge in [0.15, 0.2) is 0 Å². The number of hydrogen-bond donors (Lipinski definition) is 1. The Kier molecular flexibility index (Phi) is 6.00. The van der Waals surface area contributed by atoms with Crippen LogP contribution in [0.3, 0.4) is 0 Å². The van der Waals surface area contributed by atoms with E-state index in [1.165, 1.54) is 18.4 Å². The summed E-state index contributed by atoms with van der Waals surface area (Å²) in [4.78, 5) is 26.0. The number of ether oxygens (including phenoxy) is 1. The lowest BCUT2D eigenvalue weighted by Gasteiger charge is -2.22. The third kappa shape index (κ3) is 4.62. The van der Waals surface area contributed by atoms with Crippen LogP contribution < -0.4 is 9.62 Å². The van der Waals surface area contributed by atoms with Gasteiger partial charge >= 0.3 is 5.97 Å². The number of methoxy groups -OCH3 is 1. The molecule has 0 atom stereocenters. The predicted octanol–water partition coefficient (Wildman–Crippen LogP) is 3.04. The Morgan fingerprint density at radius 2 is 1.83 bits per heavy atom. The maximum Gasteiger partial charge on any atom is 0.341 e. The number of carbonyl (C=O) groups is 2. The Labute approximate surface area is 174 Å². The molecule has 1 aliphatic rings. The number of aryl methyl sites for hydroxylation is 3. The number of fused-ring (bicyclic) bond motifs is 1. The van der Waals surface area contributed by atoms with Gasteiger partial charge in [-0.15, -0.1) is 11.3 Å². The molecule has 0 fully saturated rings. The van der Waals surface area contributed by atoms with E-state index in [0.717, 1.165) is 51.4 Å². The summed E-state index contributed by atoms with van der Waals surface area (Å²) in [6, 6.07) is 5.38. The maximum absolute atomic E-state index is 12.7. The molecule has 156 valence electrons. The first-order valence-electron chi connectivity index (χ1n) is 9.19. The first kappa shape index (κ1) is 21.3. The quantitative estimate of drug-likeness (QED) is 0.703. The van der Waals surface area contributed by atoms with Crippen molar-refractivity contribution in [2.45, 2.75) is 33.1 Å². The average Bonchev–Trinajstić information content (AvgIpc) is 3.17. The number of thiophene rings is 1. The zero-order valence-corrected chi connectivity index (χ0v) is 18.5. The Balaban J connectivity index is 1.88. The van der Waals surface area contributed by atoms with Crippen LogP contribution >= 0.6 is 11.3 Å². The van der Waals surface area contributed by atoms with Gasteiger partial charge in [0.1, 0.15) is 11.5 Å². The normalized spacial score (nSPS) is 13.1. The summed E-state index contributed by atoms with van der Waals surface area (Å²) < 4.78 is 30.7. The van der Waals surface area contributed by atoms with E-state index in [9.17, 15) is 18.0 Å². The smallest absolute Gasteiger partial charge is 0.341 e. The minimum Gasteiger partial charge on any atom is -0.465 e. The van der Waals surface area contributed by atoms with Crippen LogP contribution in [0.2, 0.25) is 0 Å². The topological polar surface area (TPSA) is 92.8 Å². The molecule has 0 unspecified atom stereocenters. The van der Waals surface area contributed by atoms with Crippen LogP contribution in [0.5, 0.6) is 0 Å². The van der Waals surface area contributed by atoms with Crippen molar-refractivity contribution < 1.29 is 22.7 Å². The summed E-state index contributed by atoms with van der Waals surface area (Å²) in [6.07, 6.45) is 3.66. The van der Waals surface area contributed by atoms with Crippen molar-refractivity contribution >= 4 is 43.9 Å². The van der Waals surface area contributed by atoms with Crippen LogP contribution in [0.1, 0.15) is 38.3 Å². The molecule has 9 heteroatoms. The molecule has 0 saturated heterocycles. The molecular weight excluding hydrogens is 412 g/mol. The summed E-state index contributed by atoms with van der Waals surface area (Å²) >= 11 is 1.36. The van der Waals surface area contributed by atoms with Crippen LogP contribution in [0.15, 0.2) is 18.2 Å². The van der Waals surface area contributed by atoms with E-state index in [1.807, 2.05) is 19.9 Å². The lowest BCUT2D eigenvalue weighted by molar-refractivity contribution is -0.114. The van der Waals surface area contributed by atoms with Crippen molar-refractivity contribution in [1.29, 1.82) is 0 Å². The number of benzene rings is 1. The van der Waals surface area contributed by atoms with E-state index >= 15 is 0 Å². The molecule has 3 rings (SSSR count). The number of rotatable bonds is 6. The van der Waals surface area contributed by atoms with Crippen molar-refractivity contribution in [1.82, 2.24) is 0 Å². The first-order valence-corrected chi connectivity index (χ1v) is 11.9.